The fourth-order valence-electron chi connectivity index (χ4n) is 14.9. The minimum atomic E-state index is -4.98. The molecule has 8 aliphatic rings. The number of pyridine rings is 2. The van der Waals surface area contributed by atoms with Crippen LogP contribution in [0, 0.1) is 18.6 Å². The Morgan fingerprint density at radius 2 is 1.35 bits per heavy atom. The molecule has 2 N–H and O–H groups in total. The Hall–Kier alpha value is -6.22. The predicted octanol–water partition coefficient (Wildman–Crippen LogP) is 11.3. The van der Waals surface area contributed by atoms with E-state index in [1.54, 1.807) is 0 Å². The zero-order chi connectivity index (χ0) is 58.5. The molecule has 8 aliphatic heterocycles. The molecule has 11 heterocycles. The van der Waals surface area contributed by atoms with E-state index < -0.39 is 17.9 Å². The van der Waals surface area contributed by atoms with Crippen LogP contribution in [0.25, 0.3) is 33.4 Å². The fraction of sp³-hybridized carbons (Fsp3) is 0.578. The van der Waals surface area contributed by atoms with Crippen molar-refractivity contribution in [3.8, 4) is 40.0 Å². The number of alkyl halides is 3. The third-order valence-electron chi connectivity index (χ3n) is 19.0. The number of methoxy groups -OCH3 is 1. The number of likely N-dealkylation sites (tertiary alicyclic amines) is 1. The zero-order valence-corrected chi connectivity index (χ0v) is 49.4. The lowest BCUT2D eigenvalue weighted by Crippen LogP contribution is -2.53. The number of benzene rings is 2. The van der Waals surface area contributed by atoms with Crippen LogP contribution in [-0.2, 0) is 10.2 Å². The number of hydrogen-bond donors (Lipinski definition) is 2. The monoisotopic (exact) mass is 1160 g/mol. The summed E-state index contributed by atoms with van der Waals surface area (Å²) in [7, 11) is 1.37. The molecule has 0 radical (unpaired) electrons. The summed E-state index contributed by atoms with van der Waals surface area (Å²) in [6, 6.07) is 13.2. The number of anilines is 1. The Morgan fingerprint density at radius 1 is 0.750 bits per heavy atom. The van der Waals surface area contributed by atoms with Crippen molar-refractivity contribution in [3.63, 3.8) is 0 Å². The van der Waals surface area contributed by atoms with Gasteiger partial charge in [-0.05, 0) is 157 Å². The van der Waals surface area contributed by atoms with E-state index in [-0.39, 0.29) is 50.8 Å². The minimum absolute atomic E-state index is 0.0463. The lowest BCUT2D eigenvalue weighted by atomic mass is 9.82. The van der Waals surface area contributed by atoms with Gasteiger partial charge in [-0.3, -0.25) is 19.8 Å². The molecule has 5 aromatic rings. The molecule has 4 atom stereocenters. The fourth-order valence-corrected chi connectivity index (χ4v) is 14.9. The molecule has 3 aromatic heterocycles. The largest absolute Gasteiger partial charge is 0.573 e. The van der Waals surface area contributed by atoms with E-state index in [4.69, 9.17) is 29.2 Å². The van der Waals surface area contributed by atoms with E-state index in [1.807, 2.05) is 31.3 Å². The lowest BCUT2D eigenvalue weighted by Gasteiger charge is -2.36. The van der Waals surface area contributed by atoms with Gasteiger partial charge in [-0.25, -0.2) is 8.78 Å². The van der Waals surface area contributed by atoms with Crippen molar-refractivity contribution in [3.05, 3.63) is 95.1 Å². The molecule has 20 heteroatoms. The number of rotatable bonds is 14. The maximum absolute atomic E-state index is 16.4. The Balaban J connectivity index is 0.000000165. The SMILES string of the molecule is CC/C=C(/N=C(\c1cnc(-c2ccccc2C(C)(C)C)c(F)c1C)N1CC2CCC(C1)N2)OCC12CCCN1CCC2.COc1ccc(OC(F)(F)F)c(-c2ncc3c(N4CC5CCC(C4)N5)nc(OCC45CCCN4CCC5)nc3c2F)c1. The number of nitrogens with zero attached hydrogens (tertiary/aromatic N) is 9. The van der Waals surface area contributed by atoms with Gasteiger partial charge in [0.2, 0.25) is 5.88 Å². The average molecular weight is 1160 g/mol. The van der Waals surface area contributed by atoms with Crippen molar-refractivity contribution >= 4 is 22.6 Å². The van der Waals surface area contributed by atoms with Crippen molar-refractivity contribution in [1.29, 1.82) is 0 Å². The smallest absolute Gasteiger partial charge is 0.497 e. The number of hydrogen-bond acceptors (Lipinski definition) is 14. The van der Waals surface area contributed by atoms with E-state index in [9.17, 15) is 13.2 Å². The third kappa shape index (κ3) is 11.8. The summed E-state index contributed by atoms with van der Waals surface area (Å²) in [6.07, 6.45) is 14.7. The summed E-state index contributed by atoms with van der Waals surface area (Å²) in [6.45, 7) is 19.0. The highest BCUT2D eigenvalue weighted by Crippen LogP contribution is 2.44. The number of fused-ring (bicyclic) bond motifs is 7. The maximum Gasteiger partial charge on any atom is 0.573 e. The van der Waals surface area contributed by atoms with Crippen LogP contribution in [0.2, 0.25) is 0 Å². The molecule has 13 rings (SSSR count). The van der Waals surface area contributed by atoms with Crippen LogP contribution in [0.5, 0.6) is 17.5 Å². The Kier molecular flexibility index (Phi) is 16.3. The summed E-state index contributed by atoms with van der Waals surface area (Å²) in [5.74, 6) is 0.398. The van der Waals surface area contributed by atoms with Crippen LogP contribution in [-0.4, -0.2) is 155 Å². The average Bonchev–Trinajstić information content (AvgIpc) is 3.16. The van der Waals surface area contributed by atoms with E-state index in [1.165, 1.54) is 64.2 Å². The first kappa shape index (κ1) is 58.2. The number of piperazine rings is 2. The summed E-state index contributed by atoms with van der Waals surface area (Å²) in [4.78, 5) is 33.1. The molecule has 84 heavy (non-hydrogen) atoms. The molecule has 2 aromatic carbocycles. The number of aromatic nitrogens is 4. The van der Waals surface area contributed by atoms with Crippen molar-refractivity contribution < 1.29 is 40.9 Å². The zero-order valence-electron chi connectivity index (χ0n) is 49.4. The highest BCUT2D eigenvalue weighted by atomic mass is 19.4. The molecule has 0 saturated carbocycles. The quantitative estimate of drug-likeness (QED) is 0.0472. The summed E-state index contributed by atoms with van der Waals surface area (Å²) >= 11 is 0. The molecule has 450 valence electrons. The molecular formula is C64H80F5N11O4. The van der Waals surface area contributed by atoms with Gasteiger partial charge in [-0.1, -0.05) is 52.0 Å². The van der Waals surface area contributed by atoms with Gasteiger partial charge in [0.25, 0.3) is 0 Å². The number of halogens is 5. The summed E-state index contributed by atoms with van der Waals surface area (Å²) < 4.78 is 94.8. The van der Waals surface area contributed by atoms with Crippen molar-refractivity contribution in [2.45, 2.75) is 165 Å². The standard InChI is InChI=1S/C35H48FN5O.C29H32F4N6O3/c1-6-11-30(42-23-35-16-9-18-41(35)19-10-17-35)39-33(40-21-25-14-15-26(22-40)38-25)28-20-37-32(31(36)24(28)2)27-12-7-8-13-29(27)34(3,4)5;1-40-19-6-7-22(42-29(31,32)33)20(12-19)24-23(30)25-21(13-34-24)26(38-14-17-4-5-18(15-38)35-17)37-27(36-25)41-16-28-8-2-10-39(28)11-3-9-28/h7-8,11-13,20,25-26,38H,6,9-10,14-19,21-23H2,1-5H3;6-7,12-13,17-18,35H,2-5,8-11,14-16H2,1H3/b30-11-,39-33+;. The number of ether oxygens (including phenoxy) is 4. The topological polar surface area (TPSA) is 138 Å². The van der Waals surface area contributed by atoms with Gasteiger partial charge in [0, 0.05) is 79.4 Å². The molecule has 15 nitrogen and oxygen atoms in total. The highest BCUT2D eigenvalue weighted by Gasteiger charge is 2.47. The minimum Gasteiger partial charge on any atom is -0.497 e. The van der Waals surface area contributed by atoms with Crippen molar-refractivity contribution in [2.75, 3.05) is 77.6 Å². The third-order valence-corrected chi connectivity index (χ3v) is 19.0. The van der Waals surface area contributed by atoms with Crippen LogP contribution in [0.1, 0.15) is 128 Å². The second-order valence-electron chi connectivity index (χ2n) is 25.6. The Bertz CT molecular complexity index is 3250. The number of aliphatic imine (C=N–C) groups is 1. The van der Waals surface area contributed by atoms with Gasteiger partial charge in [0.15, 0.2) is 11.6 Å². The van der Waals surface area contributed by atoms with Crippen molar-refractivity contribution in [2.24, 2.45) is 4.99 Å². The van der Waals surface area contributed by atoms with E-state index in [2.05, 4.69) is 84.8 Å². The summed E-state index contributed by atoms with van der Waals surface area (Å²) in [5, 5.41) is 7.69. The van der Waals surface area contributed by atoms with Crippen LogP contribution in [0.3, 0.4) is 0 Å². The molecular weight excluding hydrogens is 1080 g/mol. The Morgan fingerprint density at radius 3 is 1.95 bits per heavy atom. The normalized spacial score (nSPS) is 23.9. The molecule has 4 bridgehead atoms. The first-order valence-corrected chi connectivity index (χ1v) is 30.5. The van der Waals surface area contributed by atoms with Gasteiger partial charge in [-0.15, -0.1) is 13.2 Å². The molecule has 0 aliphatic carbocycles. The maximum atomic E-state index is 16.4. The van der Waals surface area contributed by atoms with E-state index in [0.29, 0.717) is 78.8 Å². The first-order chi connectivity index (χ1) is 40.4. The van der Waals surface area contributed by atoms with Crippen molar-refractivity contribution in [1.82, 2.24) is 45.3 Å². The van der Waals surface area contributed by atoms with Crippen LogP contribution >= 0.6 is 0 Å². The van der Waals surface area contributed by atoms with E-state index >= 15 is 8.78 Å². The molecule has 8 saturated heterocycles. The van der Waals surface area contributed by atoms with Gasteiger partial charge in [0.05, 0.1) is 23.6 Å². The Labute approximate surface area is 489 Å². The second-order valence-corrected chi connectivity index (χ2v) is 25.6. The molecule has 0 spiro atoms. The lowest BCUT2D eigenvalue weighted by molar-refractivity contribution is -0.274. The van der Waals surface area contributed by atoms with Gasteiger partial charge in [-0.2, -0.15) is 15.0 Å². The van der Waals surface area contributed by atoms with Crippen LogP contribution in [0.4, 0.5) is 27.8 Å². The number of amidine groups is 1. The van der Waals surface area contributed by atoms with Gasteiger partial charge >= 0.3 is 12.4 Å². The van der Waals surface area contributed by atoms with Crippen LogP contribution < -0.4 is 29.7 Å². The molecule has 0 amide bonds. The molecule has 4 unspecified atom stereocenters. The first-order valence-electron chi connectivity index (χ1n) is 30.5. The van der Waals surface area contributed by atoms with Gasteiger partial charge in [0.1, 0.15) is 53.3 Å². The highest BCUT2D eigenvalue weighted by molar-refractivity contribution is 6.01. The number of nitrogens with one attached hydrogen (secondary N) is 2. The second kappa shape index (κ2) is 23.6. The van der Waals surface area contributed by atoms with Crippen LogP contribution in [0.15, 0.2) is 71.8 Å². The summed E-state index contributed by atoms with van der Waals surface area (Å²) in [5.41, 5.74) is 3.00. The molecule has 8 fully saturated rings. The van der Waals surface area contributed by atoms with Gasteiger partial charge < -0.3 is 39.4 Å². The number of allylic oxidation sites excluding steroid dienone is 1. The van der Waals surface area contributed by atoms with E-state index in [0.717, 1.165) is 113 Å². The predicted molar refractivity (Wildman–Crippen MR) is 315 cm³/mol.